The van der Waals surface area contributed by atoms with E-state index in [4.69, 9.17) is 9.26 Å². The van der Waals surface area contributed by atoms with Gasteiger partial charge in [-0.3, -0.25) is 0 Å². The van der Waals surface area contributed by atoms with Gasteiger partial charge in [-0.15, -0.1) is 0 Å². The normalized spacial score (nSPS) is 16.9. The van der Waals surface area contributed by atoms with Crippen LogP contribution in [0.25, 0.3) is 22.8 Å². The first-order chi connectivity index (χ1) is 14.2. The van der Waals surface area contributed by atoms with Crippen LogP contribution in [0.15, 0.2) is 47.0 Å². The predicted molar refractivity (Wildman–Crippen MR) is 116 cm³/mol. The van der Waals surface area contributed by atoms with E-state index < -0.39 is 0 Å². The number of piperidine rings is 1. The number of hydrogen-bond donors (Lipinski definition) is 0. The highest BCUT2D eigenvalue weighted by atomic mass is 16.5. The summed E-state index contributed by atoms with van der Waals surface area (Å²) >= 11 is 0. The lowest BCUT2D eigenvalue weighted by Crippen LogP contribution is -2.38. The van der Waals surface area contributed by atoms with E-state index in [0.29, 0.717) is 24.4 Å². The van der Waals surface area contributed by atoms with E-state index >= 15 is 0 Å². The molecule has 29 heavy (non-hydrogen) atoms. The average molecular weight is 392 g/mol. The van der Waals surface area contributed by atoms with Crippen LogP contribution in [0.4, 0.5) is 5.69 Å². The monoisotopic (exact) mass is 391 g/mol. The molecule has 1 aromatic heterocycles. The van der Waals surface area contributed by atoms with Gasteiger partial charge in [0.15, 0.2) is 0 Å². The van der Waals surface area contributed by atoms with E-state index in [9.17, 15) is 0 Å². The van der Waals surface area contributed by atoms with Crippen LogP contribution < -0.4 is 4.90 Å². The Morgan fingerprint density at radius 1 is 1.14 bits per heavy atom. The van der Waals surface area contributed by atoms with E-state index in [1.165, 1.54) is 30.5 Å². The third-order valence-electron chi connectivity index (χ3n) is 5.76. The molecule has 1 aliphatic rings. The van der Waals surface area contributed by atoms with E-state index in [2.05, 4.69) is 59.2 Å². The Hall–Kier alpha value is -2.66. The Balaban J connectivity index is 1.65. The second kappa shape index (κ2) is 8.78. The largest absolute Gasteiger partial charge is 0.380 e. The molecule has 0 bridgehead atoms. The first kappa shape index (κ1) is 19.6. The van der Waals surface area contributed by atoms with Crippen molar-refractivity contribution in [3.63, 3.8) is 0 Å². The number of hydrogen-bond acceptors (Lipinski definition) is 5. The third kappa shape index (κ3) is 4.20. The molecule has 1 aliphatic heterocycles. The minimum atomic E-state index is 0.539. The number of rotatable bonds is 6. The molecule has 1 atom stereocenters. The van der Waals surface area contributed by atoms with Gasteiger partial charge in [0.1, 0.15) is 0 Å². The number of methoxy groups -OCH3 is 1. The highest BCUT2D eigenvalue weighted by molar-refractivity contribution is 5.66. The summed E-state index contributed by atoms with van der Waals surface area (Å²) < 4.78 is 11.1. The van der Waals surface area contributed by atoms with Crippen LogP contribution in [0.3, 0.4) is 0 Å². The molecular weight excluding hydrogens is 362 g/mol. The van der Waals surface area contributed by atoms with E-state index in [1.807, 2.05) is 12.1 Å². The summed E-state index contributed by atoms with van der Waals surface area (Å²) in [7, 11) is 1.74. The smallest absolute Gasteiger partial charge is 0.258 e. The molecule has 152 valence electrons. The Kier molecular flexibility index (Phi) is 5.95. The lowest BCUT2D eigenvalue weighted by Gasteiger charge is -2.36. The van der Waals surface area contributed by atoms with Crippen LogP contribution in [0, 0.1) is 0 Å². The zero-order chi connectivity index (χ0) is 20.2. The quantitative estimate of drug-likeness (QED) is 0.556. The van der Waals surface area contributed by atoms with Gasteiger partial charge in [0.2, 0.25) is 5.82 Å². The molecule has 1 fully saturated rings. The molecule has 0 aliphatic carbocycles. The van der Waals surface area contributed by atoms with Crippen LogP contribution in [0.1, 0.15) is 44.2 Å². The third-order valence-corrected chi connectivity index (χ3v) is 5.76. The number of aryl methyl sites for hydroxylation is 1. The van der Waals surface area contributed by atoms with Crippen molar-refractivity contribution in [2.24, 2.45) is 0 Å². The number of benzene rings is 2. The summed E-state index contributed by atoms with van der Waals surface area (Å²) in [5.41, 5.74) is 5.58. The molecule has 0 radical (unpaired) electrons. The number of anilines is 1. The zero-order valence-corrected chi connectivity index (χ0v) is 17.5. The Morgan fingerprint density at radius 3 is 2.83 bits per heavy atom. The Bertz CT molecular complexity index is 966. The summed E-state index contributed by atoms with van der Waals surface area (Å²) in [5, 5.41) is 4.21. The first-order valence-corrected chi connectivity index (χ1v) is 10.5. The minimum absolute atomic E-state index is 0.539. The maximum absolute atomic E-state index is 5.60. The topological polar surface area (TPSA) is 51.4 Å². The molecule has 2 aromatic carbocycles. The lowest BCUT2D eigenvalue weighted by atomic mass is 10.00. The fraction of sp³-hybridized carbons (Fsp3) is 0.417. The van der Waals surface area contributed by atoms with Gasteiger partial charge in [0.25, 0.3) is 5.89 Å². The van der Waals surface area contributed by atoms with Crippen LogP contribution in [-0.2, 0) is 17.8 Å². The molecule has 4 rings (SSSR count). The van der Waals surface area contributed by atoms with E-state index in [-0.39, 0.29) is 0 Å². The van der Waals surface area contributed by atoms with Gasteiger partial charge in [-0.25, -0.2) is 0 Å². The van der Waals surface area contributed by atoms with Crippen molar-refractivity contribution in [1.82, 2.24) is 10.1 Å². The predicted octanol–water partition coefficient (Wildman–Crippen LogP) is 5.49. The summed E-state index contributed by atoms with van der Waals surface area (Å²) in [6.45, 7) is 6.10. The van der Waals surface area contributed by atoms with Crippen molar-refractivity contribution < 1.29 is 9.26 Å². The van der Waals surface area contributed by atoms with Gasteiger partial charge in [-0.05, 0) is 62.4 Å². The molecule has 0 saturated carbocycles. The summed E-state index contributed by atoms with van der Waals surface area (Å²) in [6, 6.07) is 15.2. The molecule has 3 aromatic rings. The van der Waals surface area contributed by atoms with Gasteiger partial charge < -0.3 is 14.2 Å². The second-order valence-corrected chi connectivity index (χ2v) is 7.79. The van der Waals surface area contributed by atoms with Gasteiger partial charge >= 0.3 is 0 Å². The molecule has 2 heterocycles. The summed E-state index contributed by atoms with van der Waals surface area (Å²) in [5.74, 6) is 1.16. The fourth-order valence-electron chi connectivity index (χ4n) is 4.11. The molecule has 0 N–H and O–H groups in total. The van der Waals surface area contributed by atoms with Crippen molar-refractivity contribution in [3.05, 3.63) is 53.6 Å². The minimum Gasteiger partial charge on any atom is -0.380 e. The van der Waals surface area contributed by atoms with E-state index in [1.54, 1.807) is 7.11 Å². The molecule has 1 unspecified atom stereocenters. The van der Waals surface area contributed by atoms with Crippen molar-refractivity contribution in [3.8, 4) is 22.8 Å². The molecule has 1 saturated heterocycles. The lowest BCUT2D eigenvalue weighted by molar-refractivity contribution is 0.185. The molecule has 0 spiro atoms. The van der Waals surface area contributed by atoms with Gasteiger partial charge in [-0.1, -0.05) is 30.3 Å². The Morgan fingerprint density at radius 2 is 2.03 bits per heavy atom. The molecule has 5 heteroatoms. The van der Waals surface area contributed by atoms with Crippen LogP contribution >= 0.6 is 0 Å². The average Bonchev–Trinajstić information content (AvgIpc) is 3.25. The highest BCUT2D eigenvalue weighted by Crippen LogP contribution is 2.32. The van der Waals surface area contributed by atoms with Crippen LogP contribution in [-0.4, -0.2) is 29.8 Å². The second-order valence-electron chi connectivity index (χ2n) is 7.79. The standard InChI is InChI=1S/C24H29N3O2/c1-4-18-9-7-10-19(14-18)23-25-24(29-26-23)20-11-12-22(21(15-20)16-28-3)27-13-6-5-8-17(27)2/h7,9-12,14-15,17H,4-6,8,13,16H2,1-3H3. The van der Waals surface area contributed by atoms with Crippen LogP contribution in [0.2, 0.25) is 0 Å². The van der Waals surface area contributed by atoms with Gasteiger partial charge in [0, 0.05) is 42.1 Å². The zero-order valence-electron chi connectivity index (χ0n) is 17.5. The number of nitrogens with zero attached hydrogens (tertiary/aromatic N) is 3. The Labute approximate surface area is 172 Å². The molecule has 5 nitrogen and oxygen atoms in total. The van der Waals surface area contributed by atoms with Gasteiger partial charge in [0.05, 0.1) is 6.61 Å². The first-order valence-electron chi connectivity index (χ1n) is 10.5. The number of ether oxygens (including phenoxy) is 1. The van der Waals surface area contributed by atoms with Crippen molar-refractivity contribution >= 4 is 5.69 Å². The number of aromatic nitrogens is 2. The fourth-order valence-corrected chi connectivity index (χ4v) is 4.11. The van der Waals surface area contributed by atoms with E-state index in [0.717, 1.165) is 29.7 Å². The summed E-state index contributed by atoms with van der Waals surface area (Å²) in [4.78, 5) is 7.15. The SMILES string of the molecule is CCc1cccc(-c2noc(-c3ccc(N4CCCCC4C)c(COC)c3)n2)c1. The van der Waals surface area contributed by atoms with Crippen molar-refractivity contribution in [2.45, 2.75) is 52.2 Å². The van der Waals surface area contributed by atoms with Crippen molar-refractivity contribution in [1.29, 1.82) is 0 Å². The van der Waals surface area contributed by atoms with Crippen LogP contribution in [0.5, 0.6) is 0 Å². The van der Waals surface area contributed by atoms with Crippen molar-refractivity contribution in [2.75, 3.05) is 18.6 Å². The maximum Gasteiger partial charge on any atom is 0.258 e. The molecule has 0 amide bonds. The maximum atomic E-state index is 5.60. The van der Waals surface area contributed by atoms with Gasteiger partial charge in [-0.2, -0.15) is 4.98 Å². The molecular formula is C24H29N3O2. The summed E-state index contributed by atoms with van der Waals surface area (Å²) in [6.07, 6.45) is 4.76. The highest BCUT2D eigenvalue weighted by Gasteiger charge is 2.22.